The normalized spacial score (nSPS) is 24.2. The summed E-state index contributed by atoms with van der Waals surface area (Å²) in [6.07, 6.45) is -0.688. The number of carbonyl (C=O) groups is 2. The first-order chi connectivity index (χ1) is 7.43. The van der Waals surface area contributed by atoms with E-state index in [1.807, 2.05) is 32.0 Å². The third-order valence-corrected chi connectivity index (χ3v) is 2.84. The molecule has 1 aliphatic heterocycles. The highest BCUT2D eigenvalue weighted by Crippen LogP contribution is 2.32. The standard InChI is InChI=1S/C12H13NO3/c1-7-4-5-9(8(2)6-7)12(3)10(14)13-11(15)16-12/h4-6H,1-3H3,(H,13,14,15). The van der Waals surface area contributed by atoms with Crippen LogP contribution >= 0.6 is 0 Å². The number of benzene rings is 1. The van der Waals surface area contributed by atoms with Gasteiger partial charge in [-0.2, -0.15) is 0 Å². The summed E-state index contributed by atoms with van der Waals surface area (Å²) in [6.45, 7) is 5.47. The van der Waals surface area contributed by atoms with E-state index in [1.54, 1.807) is 6.92 Å². The van der Waals surface area contributed by atoms with Crippen molar-refractivity contribution in [1.82, 2.24) is 5.32 Å². The molecule has 4 nitrogen and oxygen atoms in total. The van der Waals surface area contributed by atoms with E-state index in [0.717, 1.165) is 16.7 Å². The van der Waals surface area contributed by atoms with Crippen LogP contribution in [0.25, 0.3) is 0 Å². The lowest BCUT2D eigenvalue weighted by molar-refractivity contribution is -0.130. The molecule has 1 atom stereocenters. The highest BCUT2D eigenvalue weighted by molar-refractivity contribution is 6.03. The Kier molecular flexibility index (Phi) is 2.22. The highest BCUT2D eigenvalue weighted by Gasteiger charge is 2.46. The van der Waals surface area contributed by atoms with Crippen molar-refractivity contribution in [1.29, 1.82) is 0 Å². The Hall–Kier alpha value is -1.84. The molecular weight excluding hydrogens is 206 g/mol. The average Bonchev–Trinajstić information content (AvgIpc) is 2.40. The Morgan fingerprint density at radius 1 is 1.25 bits per heavy atom. The van der Waals surface area contributed by atoms with E-state index < -0.39 is 17.6 Å². The lowest BCUT2D eigenvalue weighted by Gasteiger charge is -2.21. The average molecular weight is 219 g/mol. The summed E-state index contributed by atoms with van der Waals surface area (Å²) in [7, 11) is 0. The van der Waals surface area contributed by atoms with Gasteiger partial charge in [-0.05, 0) is 26.3 Å². The third kappa shape index (κ3) is 1.46. The number of alkyl carbamates (subject to hydrolysis) is 1. The monoisotopic (exact) mass is 219 g/mol. The van der Waals surface area contributed by atoms with Crippen LogP contribution in [0.2, 0.25) is 0 Å². The van der Waals surface area contributed by atoms with Gasteiger partial charge in [0.2, 0.25) is 5.60 Å². The van der Waals surface area contributed by atoms with Gasteiger partial charge in [-0.3, -0.25) is 10.1 Å². The topological polar surface area (TPSA) is 55.4 Å². The van der Waals surface area contributed by atoms with Crippen LogP contribution in [0.5, 0.6) is 0 Å². The molecule has 2 amide bonds. The zero-order chi connectivity index (χ0) is 11.9. The molecule has 0 saturated carbocycles. The van der Waals surface area contributed by atoms with Crippen LogP contribution in [0.3, 0.4) is 0 Å². The zero-order valence-electron chi connectivity index (χ0n) is 9.46. The lowest BCUT2D eigenvalue weighted by Crippen LogP contribution is -2.34. The molecule has 16 heavy (non-hydrogen) atoms. The number of aryl methyl sites for hydroxylation is 2. The summed E-state index contributed by atoms with van der Waals surface area (Å²) < 4.78 is 5.07. The molecule has 0 radical (unpaired) electrons. The number of hydrogen-bond acceptors (Lipinski definition) is 3. The maximum absolute atomic E-state index is 11.7. The van der Waals surface area contributed by atoms with Crippen molar-refractivity contribution >= 4 is 12.0 Å². The summed E-state index contributed by atoms with van der Waals surface area (Å²) in [5.74, 6) is -0.413. The molecule has 1 unspecified atom stereocenters. The number of amides is 2. The molecule has 0 spiro atoms. The number of nitrogens with one attached hydrogen (secondary N) is 1. The lowest BCUT2D eigenvalue weighted by atomic mass is 9.90. The van der Waals surface area contributed by atoms with E-state index in [2.05, 4.69) is 5.32 Å². The van der Waals surface area contributed by atoms with Gasteiger partial charge in [-0.25, -0.2) is 4.79 Å². The molecule has 1 saturated heterocycles. The van der Waals surface area contributed by atoms with Gasteiger partial charge in [0, 0.05) is 5.56 Å². The second-order valence-corrected chi connectivity index (χ2v) is 4.20. The summed E-state index contributed by atoms with van der Waals surface area (Å²) in [4.78, 5) is 22.8. The van der Waals surface area contributed by atoms with E-state index in [1.165, 1.54) is 0 Å². The molecular formula is C12H13NO3. The number of carbonyl (C=O) groups excluding carboxylic acids is 2. The van der Waals surface area contributed by atoms with E-state index in [0.29, 0.717) is 0 Å². The Balaban J connectivity index is 2.51. The SMILES string of the molecule is Cc1ccc(C2(C)OC(=O)NC2=O)c(C)c1. The molecule has 0 bridgehead atoms. The minimum atomic E-state index is -1.20. The first-order valence-corrected chi connectivity index (χ1v) is 5.05. The predicted octanol–water partition coefficient (Wildman–Crippen LogP) is 1.79. The van der Waals surface area contributed by atoms with Crippen LogP contribution in [0.15, 0.2) is 18.2 Å². The van der Waals surface area contributed by atoms with Crippen LogP contribution in [-0.2, 0) is 15.1 Å². The third-order valence-electron chi connectivity index (χ3n) is 2.84. The van der Waals surface area contributed by atoms with Gasteiger partial charge in [0.25, 0.3) is 5.91 Å². The second kappa shape index (κ2) is 3.33. The molecule has 0 aromatic heterocycles. The molecule has 1 aromatic rings. The van der Waals surface area contributed by atoms with Gasteiger partial charge in [-0.15, -0.1) is 0 Å². The molecule has 84 valence electrons. The maximum Gasteiger partial charge on any atom is 0.415 e. The molecule has 1 aliphatic rings. The summed E-state index contributed by atoms with van der Waals surface area (Å²) in [5, 5.41) is 2.15. The second-order valence-electron chi connectivity index (χ2n) is 4.20. The summed E-state index contributed by atoms with van der Waals surface area (Å²) in [6, 6.07) is 5.68. The Morgan fingerprint density at radius 3 is 2.44 bits per heavy atom. The van der Waals surface area contributed by atoms with Crippen molar-refractivity contribution in [2.75, 3.05) is 0 Å². The molecule has 2 rings (SSSR count). The number of cyclic esters (lactones) is 1. The van der Waals surface area contributed by atoms with E-state index in [9.17, 15) is 9.59 Å². The van der Waals surface area contributed by atoms with Crippen molar-refractivity contribution in [2.24, 2.45) is 0 Å². The fourth-order valence-electron chi connectivity index (χ4n) is 2.00. The molecule has 1 heterocycles. The number of hydrogen-bond donors (Lipinski definition) is 1. The Labute approximate surface area is 93.6 Å². The number of imide groups is 1. The van der Waals surface area contributed by atoms with E-state index in [4.69, 9.17) is 4.74 Å². The van der Waals surface area contributed by atoms with E-state index >= 15 is 0 Å². The van der Waals surface area contributed by atoms with Crippen molar-refractivity contribution in [3.8, 4) is 0 Å². The molecule has 1 N–H and O–H groups in total. The quantitative estimate of drug-likeness (QED) is 0.783. The number of rotatable bonds is 1. The molecule has 4 heteroatoms. The summed E-state index contributed by atoms with van der Waals surface area (Å²) >= 11 is 0. The Bertz CT molecular complexity index is 481. The van der Waals surface area contributed by atoms with Gasteiger partial charge in [0.1, 0.15) is 0 Å². The van der Waals surface area contributed by atoms with Crippen molar-refractivity contribution < 1.29 is 14.3 Å². The van der Waals surface area contributed by atoms with Crippen molar-refractivity contribution in [3.63, 3.8) is 0 Å². The van der Waals surface area contributed by atoms with Crippen LogP contribution in [0.4, 0.5) is 4.79 Å². The zero-order valence-corrected chi connectivity index (χ0v) is 9.46. The van der Waals surface area contributed by atoms with Gasteiger partial charge in [0.05, 0.1) is 0 Å². The van der Waals surface area contributed by atoms with Crippen molar-refractivity contribution in [2.45, 2.75) is 26.4 Å². The van der Waals surface area contributed by atoms with Crippen LogP contribution in [0, 0.1) is 13.8 Å². The van der Waals surface area contributed by atoms with Gasteiger partial charge >= 0.3 is 6.09 Å². The van der Waals surface area contributed by atoms with Crippen LogP contribution < -0.4 is 5.32 Å². The fourth-order valence-corrected chi connectivity index (χ4v) is 2.00. The predicted molar refractivity (Wildman–Crippen MR) is 57.9 cm³/mol. The minimum absolute atomic E-state index is 0.413. The molecule has 0 aliphatic carbocycles. The number of ether oxygens (including phenoxy) is 1. The van der Waals surface area contributed by atoms with Crippen LogP contribution in [-0.4, -0.2) is 12.0 Å². The van der Waals surface area contributed by atoms with E-state index in [-0.39, 0.29) is 0 Å². The largest absolute Gasteiger partial charge is 0.428 e. The maximum atomic E-state index is 11.7. The smallest absolute Gasteiger partial charge is 0.415 e. The Morgan fingerprint density at radius 2 is 1.94 bits per heavy atom. The van der Waals surface area contributed by atoms with Gasteiger partial charge in [-0.1, -0.05) is 23.8 Å². The summed E-state index contributed by atoms with van der Waals surface area (Å²) in [5.41, 5.74) is 1.57. The first kappa shape index (κ1) is 10.7. The fraction of sp³-hybridized carbons (Fsp3) is 0.333. The molecule has 1 fully saturated rings. The highest BCUT2D eigenvalue weighted by atomic mass is 16.6. The van der Waals surface area contributed by atoms with Crippen molar-refractivity contribution in [3.05, 3.63) is 34.9 Å². The van der Waals surface area contributed by atoms with Crippen LogP contribution in [0.1, 0.15) is 23.6 Å². The van der Waals surface area contributed by atoms with Gasteiger partial charge in [0.15, 0.2) is 0 Å². The first-order valence-electron chi connectivity index (χ1n) is 5.05. The minimum Gasteiger partial charge on any atom is -0.428 e. The molecule has 1 aromatic carbocycles. The van der Waals surface area contributed by atoms with Gasteiger partial charge < -0.3 is 4.74 Å².